The quantitative estimate of drug-likeness (QED) is 0.681. The van der Waals surface area contributed by atoms with Gasteiger partial charge in [0.25, 0.3) is 11.7 Å². The Morgan fingerprint density at radius 2 is 1.83 bits per heavy atom. The van der Waals surface area contributed by atoms with Crippen LogP contribution in [-0.4, -0.2) is 22.3 Å². The van der Waals surface area contributed by atoms with Crippen molar-refractivity contribution in [2.75, 3.05) is 0 Å². The van der Waals surface area contributed by atoms with E-state index in [1.54, 1.807) is 35.0 Å². The van der Waals surface area contributed by atoms with E-state index in [4.69, 9.17) is 0 Å². The third kappa shape index (κ3) is 3.67. The van der Waals surface area contributed by atoms with E-state index in [0.29, 0.717) is 12.2 Å². The lowest BCUT2D eigenvalue weighted by Gasteiger charge is -2.12. The number of hydrogen-bond donors (Lipinski definition) is 1. The molecule has 1 aliphatic rings. The van der Waals surface area contributed by atoms with Gasteiger partial charge in [-0.3, -0.25) is 9.59 Å². The van der Waals surface area contributed by atoms with Gasteiger partial charge in [-0.25, -0.2) is 4.39 Å². The summed E-state index contributed by atoms with van der Waals surface area (Å²) < 4.78 is 14.7. The highest BCUT2D eigenvalue weighted by Crippen LogP contribution is 2.18. The van der Waals surface area contributed by atoms with Gasteiger partial charge in [0.2, 0.25) is 0 Å². The summed E-state index contributed by atoms with van der Waals surface area (Å²) in [4.78, 5) is 24.5. The molecule has 2 aromatic rings. The van der Waals surface area contributed by atoms with Crippen molar-refractivity contribution in [3.05, 3.63) is 59.7 Å². The lowest BCUT2D eigenvalue weighted by atomic mass is 10.2. The smallest absolute Gasteiger partial charge is 0.294 e. The van der Waals surface area contributed by atoms with Crippen LogP contribution >= 0.6 is 0 Å². The van der Waals surface area contributed by atoms with Crippen LogP contribution in [0.25, 0.3) is 0 Å². The number of halogens is 1. The molecule has 0 unspecified atom stereocenters. The van der Waals surface area contributed by atoms with Gasteiger partial charge in [-0.2, -0.15) is 0 Å². The Labute approximate surface area is 134 Å². The molecular formula is C18H19FN2O2. The molecule has 0 aliphatic heterocycles. The number of ketones is 1. The maximum atomic E-state index is 13.0. The fourth-order valence-electron chi connectivity index (χ4n) is 2.98. The molecule has 0 spiro atoms. The molecule has 1 fully saturated rings. The number of rotatable bonds is 5. The topological polar surface area (TPSA) is 51.1 Å². The minimum absolute atomic E-state index is 0.118. The highest BCUT2D eigenvalue weighted by Gasteiger charge is 2.24. The van der Waals surface area contributed by atoms with Crippen LogP contribution in [0.1, 0.15) is 41.7 Å². The summed E-state index contributed by atoms with van der Waals surface area (Å²) in [5, 5.41) is 2.81. The Bertz CT molecular complexity index is 700. The number of nitrogens with zero attached hydrogens (tertiary/aromatic N) is 1. The first-order chi connectivity index (χ1) is 11.1. The minimum atomic E-state index is -0.545. The predicted octanol–water partition coefficient (Wildman–Crippen LogP) is 2.92. The molecular weight excluding hydrogens is 295 g/mol. The van der Waals surface area contributed by atoms with Crippen molar-refractivity contribution in [2.45, 2.75) is 38.3 Å². The summed E-state index contributed by atoms with van der Waals surface area (Å²) in [5.74, 6) is -1.37. The Morgan fingerprint density at radius 1 is 1.13 bits per heavy atom. The standard InChI is InChI=1S/C18H19FN2O2/c19-14-9-7-13(8-10-14)12-21-11-3-6-16(21)17(22)18(23)20-15-4-1-2-5-15/h3,6-11,15H,1-2,4-5,12H2,(H,20,23). The Hall–Kier alpha value is -2.43. The molecule has 1 aromatic carbocycles. The van der Waals surface area contributed by atoms with Crippen LogP contribution in [0, 0.1) is 5.82 Å². The first-order valence-corrected chi connectivity index (χ1v) is 7.88. The molecule has 1 amide bonds. The van der Waals surface area contributed by atoms with Gasteiger partial charge in [0.15, 0.2) is 0 Å². The molecule has 0 saturated heterocycles. The number of amides is 1. The molecule has 23 heavy (non-hydrogen) atoms. The zero-order valence-corrected chi connectivity index (χ0v) is 12.8. The minimum Gasteiger partial charge on any atom is -0.346 e. The van der Waals surface area contributed by atoms with Crippen molar-refractivity contribution in [3.8, 4) is 0 Å². The molecule has 1 aromatic heterocycles. The SMILES string of the molecule is O=C(NC1CCCC1)C(=O)c1cccn1Cc1ccc(F)cc1. The number of Topliss-reactive ketones (excluding diaryl/α,β-unsaturated/α-hetero) is 1. The summed E-state index contributed by atoms with van der Waals surface area (Å²) >= 11 is 0. The highest BCUT2D eigenvalue weighted by atomic mass is 19.1. The molecule has 4 nitrogen and oxygen atoms in total. The van der Waals surface area contributed by atoms with E-state index in [9.17, 15) is 14.0 Å². The van der Waals surface area contributed by atoms with Gasteiger partial charge in [0.1, 0.15) is 5.82 Å². The summed E-state index contributed by atoms with van der Waals surface area (Å²) in [5.41, 5.74) is 1.22. The number of carbonyl (C=O) groups excluding carboxylic acids is 2. The van der Waals surface area contributed by atoms with E-state index in [1.165, 1.54) is 12.1 Å². The Kier molecular flexibility index (Phi) is 4.55. The van der Waals surface area contributed by atoms with Gasteiger partial charge in [-0.1, -0.05) is 25.0 Å². The maximum Gasteiger partial charge on any atom is 0.294 e. The van der Waals surface area contributed by atoms with E-state index < -0.39 is 11.7 Å². The van der Waals surface area contributed by atoms with Gasteiger partial charge >= 0.3 is 0 Å². The summed E-state index contributed by atoms with van der Waals surface area (Å²) in [7, 11) is 0. The lowest BCUT2D eigenvalue weighted by Crippen LogP contribution is -2.38. The lowest BCUT2D eigenvalue weighted by molar-refractivity contribution is -0.117. The molecule has 1 aliphatic carbocycles. The molecule has 1 saturated carbocycles. The Morgan fingerprint density at radius 3 is 2.52 bits per heavy atom. The zero-order valence-electron chi connectivity index (χ0n) is 12.8. The second kappa shape index (κ2) is 6.77. The molecule has 120 valence electrons. The normalized spacial score (nSPS) is 14.8. The van der Waals surface area contributed by atoms with Gasteiger partial charge in [-0.15, -0.1) is 0 Å². The van der Waals surface area contributed by atoms with E-state index >= 15 is 0 Å². The van der Waals surface area contributed by atoms with Crippen LogP contribution in [0.5, 0.6) is 0 Å². The fourth-order valence-corrected chi connectivity index (χ4v) is 2.98. The third-order valence-electron chi connectivity index (χ3n) is 4.22. The van der Waals surface area contributed by atoms with Crippen LogP contribution in [0.4, 0.5) is 4.39 Å². The second-order valence-electron chi connectivity index (χ2n) is 5.93. The molecule has 0 bridgehead atoms. The molecule has 0 radical (unpaired) electrons. The summed E-state index contributed by atoms with van der Waals surface area (Å²) in [6.45, 7) is 0.422. The van der Waals surface area contributed by atoms with E-state index in [2.05, 4.69) is 5.32 Å². The number of aromatic nitrogens is 1. The van der Waals surface area contributed by atoms with Crippen molar-refractivity contribution in [3.63, 3.8) is 0 Å². The molecule has 5 heteroatoms. The average Bonchev–Trinajstić information content (AvgIpc) is 3.20. The summed E-state index contributed by atoms with van der Waals surface area (Å²) in [6, 6.07) is 9.59. The molecule has 1 N–H and O–H groups in total. The highest BCUT2D eigenvalue weighted by molar-refractivity contribution is 6.42. The van der Waals surface area contributed by atoms with Crippen LogP contribution in [0.15, 0.2) is 42.6 Å². The fraction of sp³-hybridized carbons (Fsp3) is 0.333. The zero-order chi connectivity index (χ0) is 16.2. The van der Waals surface area contributed by atoms with Crippen LogP contribution in [-0.2, 0) is 11.3 Å². The molecule has 0 atom stereocenters. The van der Waals surface area contributed by atoms with Gasteiger partial charge in [0, 0.05) is 18.8 Å². The number of carbonyl (C=O) groups is 2. The van der Waals surface area contributed by atoms with Gasteiger partial charge in [0.05, 0.1) is 5.69 Å². The molecule has 3 rings (SSSR count). The summed E-state index contributed by atoms with van der Waals surface area (Å²) in [6.07, 6.45) is 5.82. The number of nitrogens with one attached hydrogen (secondary N) is 1. The van der Waals surface area contributed by atoms with Crippen LogP contribution < -0.4 is 5.32 Å². The number of benzene rings is 1. The Balaban J connectivity index is 1.70. The van der Waals surface area contributed by atoms with E-state index in [1.807, 2.05) is 0 Å². The monoisotopic (exact) mass is 314 g/mol. The van der Waals surface area contributed by atoms with E-state index in [-0.39, 0.29) is 11.9 Å². The van der Waals surface area contributed by atoms with Gasteiger partial charge in [-0.05, 0) is 42.7 Å². The average molecular weight is 314 g/mol. The third-order valence-corrected chi connectivity index (χ3v) is 4.22. The predicted molar refractivity (Wildman–Crippen MR) is 84.7 cm³/mol. The number of hydrogen-bond acceptors (Lipinski definition) is 2. The first kappa shape index (κ1) is 15.5. The van der Waals surface area contributed by atoms with Crippen molar-refractivity contribution in [2.24, 2.45) is 0 Å². The molecule has 1 heterocycles. The van der Waals surface area contributed by atoms with Crippen molar-refractivity contribution < 1.29 is 14.0 Å². The maximum absolute atomic E-state index is 13.0. The largest absolute Gasteiger partial charge is 0.346 e. The van der Waals surface area contributed by atoms with Crippen molar-refractivity contribution in [1.29, 1.82) is 0 Å². The van der Waals surface area contributed by atoms with E-state index in [0.717, 1.165) is 31.2 Å². The van der Waals surface area contributed by atoms with Crippen molar-refractivity contribution >= 4 is 11.7 Å². The van der Waals surface area contributed by atoms with Crippen molar-refractivity contribution in [1.82, 2.24) is 9.88 Å². The first-order valence-electron chi connectivity index (χ1n) is 7.88. The van der Waals surface area contributed by atoms with Gasteiger partial charge < -0.3 is 9.88 Å². The van der Waals surface area contributed by atoms with Crippen LogP contribution in [0.3, 0.4) is 0 Å². The second-order valence-corrected chi connectivity index (χ2v) is 5.93. The van der Waals surface area contributed by atoms with Crippen LogP contribution in [0.2, 0.25) is 0 Å².